The van der Waals surface area contributed by atoms with E-state index in [1.54, 1.807) is 17.9 Å². The molecule has 3 aromatic rings. The molecule has 0 fully saturated rings. The molecule has 0 atom stereocenters. The number of hydrogen-bond donors (Lipinski definition) is 1. The van der Waals surface area contributed by atoms with Crippen LogP contribution in [0.4, 0.5) is 0 Å². The number of aryl methyl sites for hydroxylation is 2. The van der Waals surface area contributed by atoms with Gasteiger partial charge in [-0.1, -0.05) is 36.4 Å². The first kappa shape index (κ1) is 17.9. The van der Waals surface area contributed by atoms with Gasteiger partial charge in [-0.05, 0) is 30.5 Å². The summed E-state index contributed by atoms with van der Waals surface area (Å²) < 4.78 is 1.25. The van der Waals surface area contributed by atoms with Gasteiger partial charge in [-0.25, -0.2) is 9.78 Å². The van der Waals surface area contributed by atoms with Crippen molar-refractivity contribution in [3.8, 4) is 0 Å². The van der Waals surface area contributed by atoms with Crippen LogP contribution >= 0.6 is 0 Å². The van der Waals surface area contributed by atoms with Crippen molar-refractivity contribution < 1.29 is 4.79 Å². The van der Waals surface area contributed by atoms with Crippen molar-refractivity contribution >= 4 is 22.5 Å². The number of aromatic amines is 1. The third-order valence-electron chi connectivity index (χ3n) is 5.07. The number of carbonyl (C=O) groups is 1. The van der Waals surface area contributed by atoms with Gasteiger partial charge < -0.3 is 4.90 Å². The number of carbonyl (C=O) groups excluding carboxylic acids is 1. The number of aromatic nitrogens is 3. The molecule has 3 heterocycles. The van der Waals surface area contributed by atoms with Gasteiger partial charge in [-0.2, -0.15) is 0 Å². The van der Waals surface area contributed by atoms with Crippen molar-refractivity contribution in [2.75, 3.05) is 13.1 Å². The largest absolute Gasteiger partial charge is 0.335 e. The second-order valence-electron chi connectivity index (χ2n) is 6.92. The van der Waals surface area contributed by atoms with Crippen molar-refractivity contribution in [2.24, 2.45) is 7.05 Å². The third kappa shape index (κ3) is 3.05. The quantitative estimate of drug-likeness (QED) is 0.739. The lowest BCUT2D eigenvalue weighted by molar-refractivity contribution is 0.0774. The summed E-state index contributed by atoms with van der Waals surface area (Å²) in [5.74, 6) is -0.233. The predicted molar refractivity (Wildman–Crippen MR) is 107 cm³/mol. The summed E-state index contributed by atoms with van der Waals surface area (Å²) in [6, 6.07) is 11.7. The summed E-state index contributed by atoms with van der Waals surface area (Å²) in [5.41, 5.74) is 2.29. The molecular formula is C21H20N4O3. The molecule has 0 radical (unpaired) electrons. The first-order valence-electron chi connectivity index (χ1n) is 9.10. The number of benzene rings is 1. The molecule has 4 rings (SSSR count). The van der Waals surface area contributed by atoms with E-state index in [2.05, 4.69) is 22.1 Å². The number of nitrogens with one attached hydrogen (secondary N) is 1. The number of H-pyrrole nitrogens is 1. The van der Waals surface area contributed by atoms with Crippen LogP contribution in [-0.4, -0.2) is 38.4 Å². The van der Waals surface area contributed by atoms with E-state index >= 15 is 0 Å². The lowest BCUT2D eigenvalue weighted by Gasteiger charge is -2.27. The van der Waals surface area contributed by atoms with E-state index in [-0.39, 0.29) is 22.5 Å². The minimum Gasteiger partial charge on any atom is -0.335 e. The first-order chi connectivity index (χ1) is 13.5. The summed E-state index contributed by atoms with van der Waals surface area (Å²) in [7, 11) is 1.52. The van der Waals surface area contributed by atoms with Gasteiger partial charge in [-0.3, -0.25) is 19.1 Å². The van der Waals surface area contributed by atoms with Crippen LogP contribution in [0.25, 0.3) is 16.6 Å². The minimum absolute atomic E-state index is 0.149. The van der Waals surface area contributed by atoms with Gasteiger partial charge in [0.2, 0.25) is 0 Å². The lowest BCUT2D eigenvalue weighted by atomic mass is 9.99. The molecule has 1 aliphatic rings. The maximum absolute atomic E-state index is 13.2. The smallest absolute Gasteiger partial charge is 0.329 e. The Hall–Kier alpha value is -3.48. The van der Waals surface area contributed by atoms with Crippen LogP contribution in [0.1, 0.15) is 28.0 Å². The second-order valence-corrected chi connectivity index (χ2v) is 6.92. The number of amides is 1. The number of nitrogens with zero attached hydrogens (tertiary/aromatic N) is 3. The zero-order chi connectivity index (χ0) is 19.8. The van der Waals surface area contributed by atoms with E-state index in [1.807, 2.05) is 24.3 Å². The van der Waals surface area contributed by atoms with Gasteiger partial charge in [0, 0.05) is 25.8 Å². The van der Waals surface area contributed by atoms with Gasteiger partial charge in [-0.15, -0.1) is 0 Å². The average Bonchev–Trinajstić information content (AvgIpc) is 2.71. The zero-order valence-electron chi connectivity index (χ0n) is 15.7. The Balaban J connectivity index is 1.73. The molecule has 0 aliphatic carbocycles. The molecule has 7 heteroatoms. The monoisotopic (exact) mass is 376 g/mol. The molecule has 0 unspecified atom stereocenters. The highest BCUT2D eigenvalue weighted by molar-refractivity contribution is 6.05. The van der Waals surface area contributed by atoms with Gasteiger partial charge >= 0.3 is 5.69 Å². The van der Waals surface area contributed by atoms with Crippen molar-refractivity contribution in [1.82, 2.24) is 19.4 Å². The van der Waals surface area contributed by atoms with Crippen LogP contribution in [-0.2, 0) is 7.05 Å². The number of hydrogen-bond acceptors (Lipinski definition) is 4. The summed E-state index contributed by atoms with van der Waals surface area (Å²) in [5, 5.41) is 0.149. The van der Waals surface area contributed by atoms with Crippen LogP contribution in [0.5, 0.6) is 0 Å². The molecule has 142 valence electrons. The van der Waals surface area contributed by atoms with Crippen LogP contribution in [0.2, 0.25) is 0 Å². The Morgan fingerprint density at radius 3 is 2.61 bits per heavy atom. The van der Waals surface area contributed by atoms with Crippen molar-refractivity contribution in [1.29, 1.82) is 0 Å². The highest BCUT2D eigenvalue weighted by atomic mass is 16.2. The minimum atomic E-state index is -0.591. The van der Waals surface area contributed by atoms with Gasteiger partial charge in [0.1, 0.15) is 5.65 Å². The number of pyridine rings is 1. The van der Waals surface area contributed by atoms with E-state index in [0.29, 0.717) is 18.8 Å². The number of fused-ring (bicyclic) bond motifs is 1. The molecule has 0 saturated heterocycles. The Morgan fingerprint density at radius 1 is 1.18 bits per heavy atom. The summed E-state index contributed by atoms with van der Waals surface area (Å²) in [4.78, 5) is 45.8. The summed E-state index contributed by atoms with van der Waals surface area (Å²) >= 11 is 0. The Kier molecular flexibility index (Phi) is 4.43. The molecule has 1 amide bonds. The Bertz CT molecular complexity index is 1220. The average molecular weight is 376 g/mol. The molecule has 1 aliphatic heterocycles. The summed E-state index contributed by atoms with van der Waals surface area (Å²) in [6.07, 6.45) is 2.79. The van der Waals surface area contributed by atoms with Gasteiger partial charge in [0.15, 0.2) is 0 Å². The molecule has 1 aromatic carbocycles. The number of rotatable bonds is 2. The highest BCUT2D eigenvalue weighted by Gasteiger charge is 2.24. The lowest BCUT2D eigenvalue weighted by Crippen LogP contribution is -2.36. The predicted octanol–water partition coefficient (Wildman–Crippen LogP) is 1.86. The van der Waals surface area contributed by atoms with Crippen molar-refractivity contribution in [3.63, 3.8) is 0 Å². The zero-order valence-corrected chi connectivity index (χ0v) is 15.7. The fourth-order valence-electron chi connectivity index (χ4n) is 3.57. The van der Waals surface area contributed by atoms with E-state index < -0.39 is 11.2 Å². The fraction of sp³-hybridized carbons (Fsp3) is 0.238. The van der Waals surface area contributed by atoms with Crippen LogP contribution in [0.15, 0.2) is 52.1 Å². The molecule has 7 nitrogen and oxygen atoms in total. The van der Waals surface area contributed by atoms with Crippen LogP contribution in [0, 0.1) is 6.92 Å². The maximum Gasteiger partial charge on any atom is 0.329 e. The van der Waals surface area contributed by atoms with E-state index in [1.165, 1.54) is 17.2 Å². The topological polar surface area (TPSA) is 88.1 Å². The molecule has 0 saturated carbocycles. The molecular weight excluding hydrogens is 356 g/mol. The third-order valence-corrected chi connectivity index (χ3v) is 5.07. The van der Waals surface area contributed by atoms with E-state index in [4.69, 9.17) is 0 Å². The fourth-order valence-corrected chi connectivity index (χ4v) is 3.57. The molecule has 28 heavy (non-hydrogen) atoms. The standard InChI is InChI=1S/C21H20N4O3/c1-13-12-16(17-18(22-13)24(2)21(28)23-19(17)26)20(27)25-10-8-15(9-11-25)14-6-4-3-5-7-14/h3-8,12H,9-11H2,1-2H3,(H,23,26,28). The molecule has 0 spiro atoms. The molecule has 0 bridgehead atoms. The van der Waals surface area contributed by atoms with Crippen LogP contribution < -0.4 is 11.2 Å². The first-order valence-corrected chi connectivity index (χ1v) is 9.10. The molecule has 1 N–H and O–H groups in total. The SMILES string of the molecule is Cc1cc(C(=O)N2CC=C(c3ccccc3)CC2)c2c(=O)[nH]c(=O)n(C)c2n1. The summed E-state index contributed by atoms with van der Waals surface area (Å²) in [6.45, 7) is 2.77. The molecule has 2 aromatic heterocycles. The maximum atomic E-state index is 13.2. The van der Waals surface area contributed by atoms with Crippen molar-refractivity contribution in [3.05, 3.63) is 80.1 Å². The Morgan fingerprint density at radius 2 is 1.93 bits per heavy atom. The normalized spacial score (nSPS) is 14.2. The Labute approximate surface area is 161 Å². The van der Waals surface area contributed by atoms with Gasteiger partial charge in [0.25, 0.3) is 11.5 Å². The second kappa shape index (κ2) is 6.92. The van der Waals surface area contributed by atoms with E-state index in [9.17, 15) is 14.4 Å². The van der Waals surface area contributed by atoms with Crippen molar-refractivity contribution in [2.45, 2.75) is 13.3 Å². The highest BCUT2D eigenvalue weighted by Crippen LogP contribution is 2.24. The van der Waals surface area contributed by atoms with Crippen LogP contribution in [0.3, 0.4) is 0 Å². The van der Waals surface area contributed by atoms with Gasteiger partial charge in [0.05, 0.1) is 10.9 Å². The van der Waals surface area contributed by atoms with E-state index in [0.717, 1.165) is 12.0 Å².